The largest absolute Gasteiger partial charge is 0.452 e. The first-order valence-corrected chi connectivity index (χ1v) is 10.1. The number of imide groups is 2. The van der Waals surface area contributed by atoms with E-state index < -0.39 is 23.8 Å². The zero-order valence-electron chi connectivity index (χ0n) is 18.6. The standard InChI is InChI=1S/C24H26N2O5/c1-13(2)15-9-7-10-16(14(3)4)20(15)26-22(28)18-12-8-11-17(19(18)23(26)29)21(27)25(5)24(30)31-6/h7-14H,1-6H3. The van der Waals surface area contributed by atoms with Gasteiger partial charge in [0, 0.05) is 7.05 Å². The zero-order chi connectivity index (χ0) is 23.0. The molecule has 2 aromatic rings. The molecule has 0 aromatic heterocycles. The van der Waals surface area contributed by atoms with Crippen LogP contribution in [0.15, 0.2) is 36.4 Å². The van der Waals surface area contributed by atoms with Gasteiger partial charge in [-0.2, -0.15) is 0 Å². The summed E-state index contributed by atoms with van der Waals surface area (Å²) in [5.41, 5.74) is 2.45. The molecule has 7 nitrogen and oxygen atoms in total. The molecule has 0 N–H and O–H groups in total. The van der Waals surface area contributed by atoms with Crippen molar-refractivity contribution < 1.29 is 23.9 Å². The van der Waals surface area contributed by atoms with Crippen LogP contribution in [0.2, 0.25) is 0 Å². The third kappa shape index (κ3) is 3.60. The van der Waals surface area contributed by atoms with Gasteiger partial charge in [0.1, 0.15) is 0 Å². The van der Waals surface area contributed by atoms with Gasteiger partial charge in [-0.1, -0.05) is 52.0 Å². The van der Waals surface area contributed by atoms with E-state index >= 15 is 0 Å². The smallest absolute Gasteiger partial charge is 0.416 e. The Morgan fingerprint density at radius 2 is 1.45 bits per heavy atom. The Bertz CT molecular complexity index is 1060. The minimum Gasteiger partial charge on any atom is -0.452 e. The van der Waals surface area contributed by atoms with E-state index in [1.807, 2.05) is 45.9 Å². The predicted molar refractivity (Wildman–Crippen MR) is 117 cm³/mol. The number of nitrogens with zero attached hydrogens (tertiary/aromatic N) is 2. The lowest BCUT2D eigenvalue weighted by atomic mass is 9.92. The van der Waals surface area contributed by atoms with E-state index in [1.54, 1.807) is 0 Å². The molecule has 31 heavy (non-hydrogen) atoms. The third-order valence-corrected chi connectivity index (χ3v) is 5.46. The average molecular weight is 422 g/mol. The highest BCUT2D eigenvalue weighted by Crippen LogP contribution is 2.40. The van der Waals surface area contributed by atoms with E-state index in [4.69, 9.17) is 0 Å². The van der Waals surface area contributed by atoms with E-state index in [2.05, 4.69) is 4.74 Å². The number of rotatable bonds is 4. The maximum absolute atomic E-state index is 13.6. The molecular weight excluding hydrogens is 396 g/mol. The number of carbonyl (C=O) groups excluding carboxylic acids is 4. The summed E-state index contributed by atoms with van der Waals surface area (Å²) >= 11 is 0. The van der Waals surface area contributed by atoms with Crippen LogP contribution >= 0.6 is 0 Å². The van der Waals surface area contributed by atoms with Crippen LogP contribution in [0, 0.1) is 0 Å². The summed E-state index contributed by atoms with van der Waals surface area (Å²) in [6.45, 7) is 8.01. The fourth-order valence-electron chi connectivity index (χ4n) is 3.84. The van der Waals surface area contributed by atoms with Gasteiger partial charge in [0.05, 0.1) is 29.5 Å². The van der Waals surface area contributed by atoms with Crippen molar-refractivity contribution in [3.63, 3.8) is 0 Å². The van der Waals surface area contributed by atoms with Crippen LogP contribution in [0.5, 0.6) is 0 Å². The first kappa shape index (κ1) is 22.2. The Hall–Kier alpha value is -3.48. The van der Waals surface area contributed by atoms with Crippen LogP contribution < -0.4 is 4.90 Å². The second-order valence-electron chi connectivity index (χ2n) is 8.10. The van der Waals surface area contributed by atoms with Crippen molar-refractivity contribution >= 4 is 29.5 Å². The molecule has 7 heteroatoms. The van der Waals surface area contributed by atoms with Crippen LogP contribution in [0.1, 0.15) is 81.7 Å². The molecule has 4 amide bonds. The van der Waals surface area contributed by atoms with E-state index in [-0.39, 0.29) is 28.5 Å². The SMILES string of the molecule is COC(=O)N(C)C(=O)c1cccc2c1C(=O)N(c1c(C(C)C)cccc1C(C)C)C2=O. The number of para-hydroxylation sites is 1. The maximum atomic E-state index is 13.6. The highest BCUT2D eigenvalue weighted by molar-refractivity contribution is 6.37. The summed E-state index contributed by atoms with van der Waals surface area (Å²) < 4.78 is 4.60. The number of fused-ring (bicyclic) bond motifs is 1. The molecule has 0 fully saturated rings. The van der Waals surface area contributed by atoms with Gasteiger partial charge < -0.3 is 4.74 Å². The molecule has 1 aliphatic heterocycles. The van der Waals surface area contributed by atoms with Gasteiger partial charge in [0.15, 0.2) is 0 Å². The van der Waals surface area contributed by atoms with Gasteiger partial charge in [0.2, 0.25) is 0 Å². The van der Waals surface area contributed by atoms with Gasteiger partial charge in [-0.05, 0) is 35.1 Å². The zero-order valence-corrected chi connectivity index (χ0v) is 18.6. The summed E-state index contributed by atoms with van der Waals surface area (Å²) in [5, 5.41) is 0. The minimum atomic E-state index is -0.858. The topological polar surface area (TPSA) is 84.0 Å². The molecule has 0 aliphatic carbocycles. The van der Waals surface area contributed by atoms with E-state index in [1.165, 1.54) is 30.1 Å². The van der Waals surface area contributed by atoms with Crippen molar-refractivity contribution in [1.82, 2.24) is 4.90 Å². The van der Waals surface area contributed by atoms with Crippen molar-refractivity contribution in [3.05, 3.63) is 64.2 Å². The van der Waals surface area contributed by atoms with Crippen molar-refractivity contribution in [2.24, 2.45) is 0 Å². The van der Waals surface area contributed by atoms with Crippen LogP contribution in [-0.4, -0.2) is 42.9 Å². The van der Waals surface area contributed by atoms with Crippen LogP contribution in [0.4, 0.5) is 10.5 Å². The van der Waals surface area contributed by atoms with Gasteiger partial charge in [-0.15, -0.1) is 0 Å². The van der Waals surface area contributed by atoms with Crippen molar-refractivity contribution in [1.29, 1.82) is 0 Å². The Kier molecular flexibility index (Phi) is 5.97. The fraction of sp³-hybridized carbons (Fsp3) is 0.333. The number of hydrogen-bond donors (Lipinski definition) is 0. The summed E-state index contributed by atoms with van der Waals surface area (Å²) in [6.07, 6.45) is -0.858. The molecule has 2 aromatic carbocycles. The van der Waals surface area contributed by atoms with Crippen LogP contribution in [-0.2, 0) is 4.74 Å². The normalized spacial score (nSPS) is 13.1. The number of benzene rings is 2. The van der Waals surface area contributed by atoms with Gasteiger partial charge in [-0.3, -0.25) is 14.4 Å². The third-order valence-electron chi connectivity index (χ3n) is 5.46. The summed E-state index contributed by atoms with van der Waals surface area (Å²) in [7, 11) is 2.42. The molecule has 0 saturated heterocycles. The Labute approximate surface area is 181 Å². The lowest BCUT2D eigenvalue weighted by Crippen LogP contribution is -2.35. The van der Waals surface area contributed by atoms with E-state index in [0.29, 0.717) is 5.69 Å². The number of amides is 4. The maximum Gasteiger partial charge on any atom is 0.416 e. The van der Waals surface area contributed by atoms with Gasteiger partial charge in [-0.25, -0.2) is 14.6 Å². The van der Waals surface area contributed by atoms with Crippen molar-refractivity contribution in [2.75, 3.05) is 19.1 Å². The molecule has 0 saturated carbocycles. The molecule has 162 valence electrons. The monoisotopic (exact) mass is 422 g/mol. The summed E-state index contributed by atoms with van der Waals surface area (Å²) in [4.78, 5) is 53.6. The Morgan fingerprint density at radius 1 is 0.903 bits per heavy atom. The second-order valence-corrected chi connectivity index (χ2v) is 8.10. The average Bonchev–Trinajstić information content (AvgIpc) is 3.01. The molecule has 1 heterocycles. The van der Waals surface area contributed by atoms with E-state index in [0.717, 1.165) is 23.1 Å². The van der Waals surface area contributed by atoms with Gasteiger partial charge in [0.25, 0.3) is 17.7 Å². The highest BCUT2D eigenvalue weighted by Gasteiger charge is 2.42. The molecule has 0 atom stereocenters. The molecule has 0 bridgehead atoms. The van der Waals surface area contributed by atoms with Crippen molar-refractivity contribution in [2.45, 2.75) is 39.5 Å². The van der Waals surface area contributed by atoms with Crippen molar-refractivity contribution in [3.8, 4) is 0 Å². The first-order valence-electron chi connectivity index (χ1n) is 10.1. The molecule has 0 radical (unpaired) electrons. The Morgan fingerprint density at radius 3 is 1.97 bits per heavy atom. The first-order chi connectivity index (χ1) is 14.6. The number of hydrogen-bond acceptors (Lipinski definition) is 5. The number of methoxy groups -OCH3 is 1. The lowest BCUT2D eigenvalue weighted by molar-refractivity contribution is 0.0745. The summed E-state index contributed by atoms with van der Waals surface area (Å²) in [5.74, 6) is -1.62. The highest BCUT2D eigenvalue weighted by atomic mass is 16.5. The van der Waals surface area contributed by atoms with Gasteiger partial charge >= 0.3 is 6.09 Å². The lowest BCUT2D eigenvalue weighted by Gasteiger charge is -2.25. The molecule has 0 unspecified atom stereocenters. The Balaban J connectivity index is 2.20. The fourth-order valence-corrected chi connectivity index (χ4v) is 3.84. The summed E-state index contributed by atoms with van der Waals surface area (Å²) in [6, 6.07) is 10.2. The molecular formula is C24H26N2O5. The second kappa shape index (κ2) is 8.34. The molecule has 3 rings (SSSR count). The van der Waals surface area contributed by atoms with Crippen LogP contribution in [0.25, 0.3) is 0 Å². The van der Waals surface area contributed by atoms with E-state index in [9.17, 15) is 19.2 Å². The number of anilines is 1. The van der Waals surface area contributed by atoms with Crippen LogP contribution in [0.3, 0.4) is 0 Å². The predicted octanol–water partition coefficient (Wildman–Crippen LogP) is 4.57. The molecule has 0 spiro atoms. The quantitative estimate of drug-likeness (QED) is 0.674. The number of ether oxygens (including phenoxy) is 1. The minimum absolute atomic E-state index is 0.00141. The number of carbonyl (C=O) groups is 4. The molecule has 1 aliphatic rings.